The molecule has 2 aromatic carbocycles. The third kappa shape index (κ3) is 7.06. The van der Waals surface area contributed by atoms with Crippen molar-refractivity contribution in [3.05, 3.63) is 77.6 Å². The molecule has 3 atom stereocenters. The molecular weight excluding hydrogens is 510 g/mol. The highest BCUT2D eigenvalue weighted by Crippen LogP contribution is 2.36. The lowest BCUT2D eigenvalue weighted by Crippen LogP contribution is -2.24. The van der Waals surface area contributed by atoms with Gasteiger partial charge in [0, 0.05) is 13.7 Å². The number of hydrogen-bond acceptors (Lipinski definition) is 9. The summed E-state index contributed by atoms with van der Waals surface area (Å²) in [6, 6.07) is 15.3. The fourth-order valence-electron chi connectivity index (χ4n) is 4.13. The SMILES string of the molecule is COC(c1ccccc1)c1c(NS(=O)(=O)c2ccc(C(C)O)cc2)ncnc1OCCOC1CCCCO1. The molecule has 1 aromatic heterocycles. The average molecular weight is 544 g/mol. The van der Waals surface area contributed by atoms with Gasteiger partial charge in [0.15, 0.2) is 12.1 Å². The van der Waals surface area contributed by atoms with Crippen molar-refractivity contribution in [3.63, 3.8) is 0 Å². The zero-order chi connectivity index (χ0) is 27.0. The van der Waals surface area contributed by atoms with Gasteiger partial charge < -0.3 is 24.1 Å². The smallest absolute Gasteiger partial charge is 0.263 e. The Labute approximate surface area is 223 Å². The molecule has 1 fully saturated rings. The van der Waals surface area contributed by atoms with E-state index in [9.17, 15) is 13.5 Å². The molecule has 0 saturated carbocycles. The van der Waals surface area contributed by atoms with Gasteiger partial charge in [0.05, 0.1) is 23.2 Å². The number of aliphatic hydroxyl groups excluding tert-OH is 1. The van der Waals surface area contributed by atoms with Crippen LogP contribution in [-0.4, -0.2) is 56.7 Å². The first-order chi connectivity index (χ1) is 18.4. The molecule has 3 aromatic rings. The Hall–Kier alpha value is -3.09. The molecule has 1 aliphatic heterocycles. The monoisotopic (exact) mass is 543 g/mol. The van der Waals surface area contributed by atoms with Crippen molar-refractivity contribution in [1.82, 2.24) is 9.97 Å². The van der Waals surface area contributed by atoms with Crippen molar-refractivity contribution < 1.29 is 32.5 Å². The minimum atomic E-state index is -4.03. The van der Waals surface area contributed by atoms with E-state index in [2.05, 4.69) is 14.7 Å². The maximum absolute atomic E-state index is 13.3. The van der Waals surface area contributed by atoms with Gasteiger partial charge in [-0.1, -0.05) is 42.5 Å². The third-order valence-electron chi connectivity index (χ3n) is 6.12. The van der Waals surface area contributed by atoms with Crippen molar-refractivity contribution in [2.45, 2.75) is 49.6 Å². The van der Waals surface area contributed by atoms with Crippen LogP contribution in [0.5, 0.6) is 5.88 Å². The maximum Gasteiger partial charge on any atom is 0.263 e. The van der Waals surface area contributed by atoms with Gasteiger partial charge >= 0.3 is 0 Å². The van der Waals surface area contributed by atoms with Gasteiger partial charge in [-0.3, -0.25) is 4.72 Å². The molecular formula is C27H33N3O7S. The van der Waals surface area contributed by atoms with E-state index in [-0.39, 0.29) is 36.1 Å². The maximum atomic E-state index is 13.3. The molecule has 0 aliphatic carbocycles. The minimum Gasteiger partial charge on any atom is -0.475 e. The van der Waals surface area contributed by atoms with Crippen LogP contribution in [0.3, 0.4) is 0 Å². The van der Waals surface area contributed by atoms with Crippen LogP contribution in [0, 0.1) is 0 Å². The summed E-state index contributed by atoms with van der Waals surface area (Å²) >= 11 is 0. The predicted octanol–water partition coefficient (Wildman–Crippen LogP) is 3.99. The Balaban J connectivity index is 1.61. The summed E-state index contributed by atoms with van der Waals surface area (Å²) in [5, 5.41) is 9.75. The molecule has 0 radical (unpaired) electrons. The standard InChI is InChI=1S/C27H33N3O7S/c1-19(31)20-11-13-22(14-12-20)38(32,33)30-26-24(25(34-2)21-8-4-3-5-9-21)27(29-18-28-26)37-17-16-36-23-10-6-7-15-35-23/h3-5,8-9,11-14,18-19,23,25,31H,6-7,10,15-17H2,1-2H3,(H,28,29,30). The molecule has 10 nitrogen and oxygen atoms in total. The largest absolute Gasteiger partial charge is 0.475 e. The van der Waals surface area contributed by atoms with Gasteiger partial charge in [0.2, 0.25) is 5.88 Å². The lowest BCUT2D eigenvalue weighted by Gasteiger charge is -2.23. The molecule has 2 N–H and O–H groups in total. The first-order valence-electron chi connectivity index (χ1n) is 12.5. The second kappa shape index (κ2) is 13.1. The molecule has 3 unspecified atom stereocenters. The van der Waals surface area contributed by atoms with Crippen molar-refractivity contribution in [1.29, 1.82) is 0 Å². The van der Waals surface area contributed by atoms with Crippen LogP contribution >= 0.6 is 0 Å². The lowest BCUT2D eigenvalue weighted by molar-refractivity contribution is -0.165. The molecule has 2 heterocycles. The van der Waals surface area contributed by atoms with Gasteiger partial charge in [-0.05, 0) is 49.4 Å². The van der Waals surface area contributed by atoms with Crippen LogP contribution in [0.25, 0.3) is 0 Å². The number of rotatable bonds is 12. The number of nitrogens with zero attached hydrogens (tertiary/aromatic N) is 2. The van der Waals surface area contributed by atoms with Crippen molar-refractivity contribution in [2.24, 2.45) is 0 Å². The molecule has 38 heavy (non-hydrogen) atoms. The van der Waals surface area contributed by atoms with E-state index in [1.54, 1.807) is 19.1 Å². The number of ether oxygens (including phenoxy) is 4. The number of sulfonamides is 1. The van der Waals surface area contributed by atoms with Crippen LogP contribution in [0.1, 0.15) is 55.1 Å². The van der Waals surface area contributed by atoms with Crippen LogP contribution < -0.4 is 9.46 Å². The first-order valence-corrected chi connectivity index (χ1v) is 14.0. The zero-order valence-electron chi connectivity index (χ0n) is 21.4. The van der Waals surface area contributed by atoms with E-state index in [1.165, 1.54) is 25.6 Å². The summed E-state index contributed by atoms with van der Waals surface area (Å²) in [7, 11) is -2.51. The summed E-state index contributed by atoms with van der Waals surface area (Å²) in [6.07, 6.45) is 2.47. The van der Waals surface area contributed by atoms with Crippen LogP contribution in [0.4, 0.5) is 5.82 Å². The minimum absolute atomic E-state index is 0.0171. The van der Waals surface area contributed by atoms with Gasteiger partial charge in [-0.2, -0.15) is 0 Å². The zero-order valence-corrected chi connectivity index (χ0v) is 22.3. The summed E-state index contributed by atoms with van der Waals surface area (Å²) in [4.78, 5) is 8.55. The van der Waals surface area contributed by atoms with Crippen molar-refractivity contribution in [3.8, 4) is 5.88 Å². The number of anilines is 1. The fourth-order valence-corrected chi connectivity index (χ4v) is 5.16. The predicted molar refractivity (Wildman–Crippen MR) is 140 cm³/mol. The Morgan fingerprint density at radius 1 is 1.05 bits per heavy atom. The molecule has 1 aliphatic rings. The van der Waals surface area contributed by atoms with E-state index in [1.807, 2.05) is 30.3 Å². The highest BCUT2D eigenvalue weighted by molar-refractivity contribution is 7.92. The van der Waals surface area contributed by atoms with Gasteiger partial charge in [-0.15, -0.1) is 0 Å². The van der Waals surface area contributed by atoms with Crippen LogP contribution in [-0.2, 0) is 24.2 Å². The van der Waals surface area contributed by atoms with Gasteiger partial charge in [0.1, 0.15) is 19.0 Å². The molecule has 11 heteroatoms. The van der Waals surface area contributed by atoms with E-state index >= 15 is 0 Å². The number of aromatic nitrogens is 2. The number of methoxy groups -OCH3 is 1. The number of benzene rings is 2. The normalized spacial score (nSPS) is 17.5. The molecule has 0 bridgehead atoms. The van der Waals surface area contributed by atoms with E-state index in [0.717, 1.165) is 24.8 Å². The highest BCUT2D eigenvalue weighted by Gasteiger charge is 2.27. The Bertz CT molecular complexity index is 1270. The number of nitrogens with one attached hydrogen (secondary N) is 1. The molecule has 204 valence electrons. The van der Waals surface area contributed by atoms with E-state index < -0.39 is 22.2 Å². The third-order valence-corrected chi connectivity index (χ3v) is 7.47. The molecule has 0 amide bonds. The fraction of sp³-hybridized carbons (Fsp3) is 0.407. The molecule has 4 rings (SSSR count). The second-order valence-corrected chi connectivity index (χ2v) is 10.5. The van der Waals surface area contributed by atoms with Crippen molar-refractivity contribution >= 4 is 15.8 Å². The number of aliphatic hydroxyl groups is 1. The quantitative estimate of drug-likeness (QED) is 0.326. The van der Waals surface area contributed by atoms with E-state index in [4.69, 9.17) is 18.9 Å². The number of hydrogen-bond donors (Lipinski definition) is 2. The highest BCUT2D eigenvalue weighted by atomic mass is 32.2. The van der Waals surface area contributed by atoms with E-state index in [0.29, 0.717) is 17.7 Å². The molecule has 0 spiro atoms. The summed E-state index contributed by atoms with van der Waals surface area (Å²) in [5.74, 6) is 0.202. The summed E-state index contributed by atoms with van der Waals surface area (Å²) in [5.41, 5.74) is 1.70. The Morgan fingerprint density at radius 2 is 1.82 bits per heavy atom. The van der Waals surface area contributed by atoms with Gasteiger partial charge in [0.25, 0.3) is 10.0 Å². The average Bonchev–Trinajstić information content (AvgIpc) is 2.93. The first kappa shape index (κ1) is 27.9. The Morgan fingerprint density at radius 3 is 2.47 bits per heavy atom. The van der Waals surface area contributed by atoms with Gasteiger partial charge in [-0.25, -0.2) is 18.4 Å². The second-order valence-electron chi connectivity index (χ2n) is 8.83. The Kier molecular flexibility index (Phi) is 9.64. The lowest BCUT2D eigenvalue weighted by atomic mass is 10.0. The summed E-state index contributed by atoms with van der Waals surface area (Å²) in [6.45, 7) is 2.73. The van der Waals surface area contributed by atoms with Crippen LogP contribution in [0.15, 0.2) is 65.8 Å². The summed E-state index contributed by atoms with van der Waals surface area (Å²) < 4.78 is 52.2. The molecule has 1 saturated heterocycles. The van der Waals surface area contributed by atoms with Crippen LogP contribution in [0.2, 0.25) is 0 Å². The van der Waals surface area contributed by atoms with Crippen molar-refractivity contribution in [2.75, 3.05) is 31.7 Å². The topological polar surface area (TPSA) is 129 Å².